The van der Waals surface area contributed by atoms with Crippen LogP contribution in [0.15, 0.2) is 0 Å². The largest absolute Gasteiger partial charge is 0.569 e. The molecule has 0 amide bonds. The first-order chi connectivity index (χ1) is 5.26. The van der Waals surface area contributed by atoms with Crippen LogP contribution in [0.4, 0.5) is 0 Å². The summed E-state index contributed by atoms with van der Waals surface area (Å²) in [7, 11) is 2.44. The number of methoxy groups -OCH3 is 1. The van der Waals surface area contributed by atoms with Crippen molar-refractivity contribution < 1.29 is 22.1 Å². The standard InChI is InChI=1S/C3H6N2O3S.OS/c1-7-3(5-4)9(6)8-2;1-2/h1-2H3;. The zero-order valence-corrected chi connectivity index (χ0v) is 7.48. The zero-order valence-electron chi connectivity index (χ0n) is 5.84. The lowest BCUT2D eigenvalue weighted by atomic mass is 11.4. The molecule has 0 aliphatic rings. The lowest BCUT2D eigenvalue weighted by Crippen LogP contribution is -2.11. The molecule has 6 nitrogen and oxygen atoms in total. The van der Waals surface area contributed by atoms with Gasteiger partial charge >= 0.3 is 16.3 Å². The summed E-state index contributed by atoms with van der Waals surface area (Å²) >= 11 is 1.05. The average Bonchev–Trinajstić information content (AvgIpc) is 2.10. The molecule has 1 atom stereocenters. The molecule has 0 heterocycles. The first kappa shape index (κ1) is 12.9. The highest BCUT2D eigenvalue weighted by Crippen LogP contribution is 1.83. The molecule has 0 aromatic heterocycles. The Balaban J connectivity index is 0. The van der Waals surface area contributed by atoms with Crippen LogP contribution in [-0.4, -0.2) is 32.7 Å². The van der Waals surface area contributed by atoms with Crippen molar-refractivity contribution in [3.05, 3.63) is 5.53 Å². The Morgan fingerprint density at radius 2 is 2.00 bits per heavy atom. The van der Waals surface area contributed by atoms with Crippen molar-refractivity contribution in [3.8, 4) is 0 Å². The van der Waals surface area contributed by atoms with Gasteiger partial charge in [0.15, 0.2) is 12.5 Å². The predicted molar refractivity (Wildman–Crippen MR) is 38.9 cm³/mol. The smallest absolute Gasteiger partial charge is 0.427 e. The highest BCUT2D eigenvalue weighted by molar-refractivity contribution is 7.95. The van der Waals surface area contributed by atoms with Crippen LogP contribution in [0.5, 0.6) is 0 Å². The van der Waals surface area contributed by atoms with Crippen LogP contribution >= 0.6 is 0 Å². The van der Waals surface area contributed by atoms with Crippen LogP contribution in [0.1, 0.15) is 0 Å². The Morgan fingerprint density at radius 3 is 2.09 bits per heavy atom. The van der Waals surface area contributed by atoms with E-state index in [0.29, 0.717) is 0 Å². The molecule has 0 aliphatic carbocycles. The van der Waals surface area contributed by atoms with E-state index in [1.165, 1.54) is 14.2 Å². The summed E-state index contributed by atoms with van der Waals surface area (Å²) in [4.78, 5) is 2.55. The molecule has 0 N–H and O–H groups in total. The number of hydrogen-bond donors (Lipinski definition) is 0. The van der Waals surface area contributed by atoms with Crippen LogP contribution < -0.4 is 0 Å². The van der Waals surface area contributed by atoms with Gasteiger partial charge in [-0.25, -0.2) is 4.21 Å². The van der Waals surface area contributed by atoms with E-state index in [1.807, 2.05) is 0 Å². The summed E-state index contributed by atoms with van der Waals surface area (Å²) in [6.07, 6.45) is 0. The molecule has 0 bridgehead atoms. The van der Waals surface area contributed by atoms with Gasteiger partial charge in [0.05, 0.1) is 14.2 Å². The number of nitrogens with zero attached hydrogens (tertiary/aromatic N) is 2. The molecule has 1 unspecified atom stereocenters. The Morgan fingerprint density at radius 1 is 1.55 bits per heavy atom. The molecule has 0 aromatic carbocycles. The Hall–Kier alpha value is -0.690. The lowest BCUT2D eigenvalue weighted by Gasteiger charge is -1.88. The maximum atomic E-state index is 10.4. The Bertz CT molecular complexity index is 178. The molecular formula is C3H6N2O4S2. The number of hydrogen-bond acceptors (Lipinski definition) is 5. The minimum absolute atomic E-state index is 0.350. The third-order valence-electron chi connectivity index (χ3n) is 0.550. The third-order valence-corrected chi connectivity index (χ3v) is 1.39. The van der Waals surface area contributed by atoms with Crippen LogP contribution in [-0.2, 0) is 32.5 Å². The molecule has 0 saturated carbocycles. The predicted octanol–water partition coefficient (Wildman–Crippen LogP) is -0.808. The van der Waals surface area contributed by atoms with Gasteiger partial charge < -0.3 is 10.3 Å². The molecule has 8 heteroatoms. The molecule has 0 rings (SSSR count). The van der Waals surface area contributed by atoms with E-state index in [4.69, 9.17) is 9.74 Å². The summed E-state index contributed by atoms with van der Waals surface area (Å²) in [5.41, 5.74) is 8.02. The van der Waals surface area contributed by atoms with Crippen molar-refractivity contribution in [2.45, 2.75) is 0 Å². The SMILES string of the molecule is COC(=[N+]=[N-])S(=O)OC.O=S. The molecule has 0 aliphatic heterocycles. The van der Waals surface area contributed by atoms with Gasteiger partial charge in [-0.15, -0.1) is 4.79 Å². The van der Waals surface area contributed by atoms with Gasteiger partial charge in [-0.3, -0.25) is 4.18 Å². The number of ether oxygens (including phenoxy) is 1. The molecular weight excluding hydrogens is 192 g/mol. The quantitative estimate of drug-likeness (QED) is 0.238. The maximum absolute atomic E-state index is 10.4. The van der Waals surface area contributed by atoms with E-state index in [2.05, 4.69) is 26.2 Å². The summed E-state index contributed by atoms with van der Waals surface area (Å²) < 4.78 is 26.9. The van der Waals surface area contributed by atoms with Crippen molar-refractivity contribution >= 4 is 28.8 Å². The van der Waals surface area contributed by atoms with Gasteiger partial charge in [-0.05, 0) is 0 Å². The molecule has 64 valence electrons. The normalized spacial score (nSPS) is 10.0. The van der Waals surface area contributed by atoms with E-state index in [1.54, 1.807) is 0 Å². The van der Waals surface area contributed by atoms with Crippen LogP contribution in [0.3, 0.4) is 0 Å². The fourth-order valence-electron chi connectivity index (χ4n) is 0.213. The van der Waals surface area contributed by atoms with Crippen molar-refractivity contribution in [2.75, 3.05) is 14.2 Å². The average molecular weight is 198 g/mol. The minimum Gasteiger partial charge on any atom is -0.427 e. The van der Waals surface area contributed by atoms with Gasteiger partial charge in [-0.2, -0.15) is 4.21 Å². The van der Waals surface area contributed by atoms with Crippen molar-refractivity contribution in [1.82, 2.24) is 0 Å². The lowest BCUT2D eigenvalue weighted by molar-refractivity contribution is -0.0286. The Labute approximate surface area is 71.3 Å². The summed E-state index contributed by atoms with van der Waals surface area (Å²) in [5.74, 6) is 0. The minimum atomic E-state index is -1.79. The van der Waals surface area contributed by atoms with Gasteiger partial charge in [0, 0.05) is 0 Å². The van der Waals surface area contributed by atoms with Crippen LogP contribution in [0.25, 0.3) is 5.53 Å². The second kappa shape index (κ2) is 9.31. The van der Waals surface area contributed by atoms with E-state index >= 15 is 0 Å². The topological polar surface area (TPSA) is 89.0 Å². The molecule has 0 radical (unpaired) electrons. The molecule has 0 fully saturated rings. The second-order valence-electron chi connectivity index (χ2n) is 0.971. The number of rotatable bonds is 1. The van der Waals surface area contributed by atoms with Gasteiger partial charge in [0.1, 0.15) is 0 Å². The van der Waals surface area contributed by atoms with E-state index < -0.39 is 11.1 Å². The molecule has 0 aromatic rings. The fraction of sp³-hybridized carbons (Fsp3) is 0.667. The van der Waals surface area contributed by atoms with E-state index in [0.717, 1.165) is 0 Å². The van der Waals surface area contributed by atoms with Gasteiger partial charge in [-0.1, -0.05) is 0 Å². The van der Waals surface area contributed by atoms with Crippen molar-refractivity contribution in [2.24, 2.45) is 0 Å². The summed E-state index contributed by atoms with van der Waals surface area (Å²) in [5, 5.41) is -0.350. The van der Waals surface area contributed by atoms with Crippen molar-refractivity contribution in [1.29, 1.82) is 0 Å². The third kappa shape index (κ3) is 5.74. The first-order valence-corrected chi connectivity index (χ1v) is 3.56. The van der Waals surface area contributed by atoms with E-state index in [-0.39, 0.29) is 5.23 Å². The summed E-state index contributed by atoms with van der Waals surface area (Å²) in [6.45, 7) is 0. The molecule has 0 spiro atoms. The van der Waals surface area contributed by atoms with Crippen LogP contribution in [0.2, 0.25) is 0 Å². The maximum Gasteiger partial charge on any atom is 0.569 e. The zero-order chi connectivity index (χ0) is 9.28. The fourth-order valence-corrected chi connectivity index (χ4v) is 0.559. The molecule has 0 saturated heterocycles. The molecule has 11 heavy (non-hydrogen) atoms. The first-order valence-electron chi connectivity index (χ1n) is 2.15. The second-order valence-corrected chi connectivity index (χ2v) is 2.12. The summed E-state index contributed by atoms with van der Waals surface area (Å²) in [6, 6.07) is 0. The Kier molecular flexibility index (Phi) is 11.0. The van der Waals surface area contributed by atoms with Gasteiger partial charge in [0.25, 0.3) is 0 Å². The highest BCUT2D eigenvalue weighted by Gasteiger charge is 2.17. The van der Waals surface area contributed by atoms with Crippen molar-refractivity contribution in [3.63, 3.8) is 0 Å². The van der Waals surface area contributed by atoms with E-state index in [9.17, 15) is 4.21 Å². The van der Waals surface area contributed by atoms with Gasteiger partial charge in [0.2, 0.25) is 0 Å². The monoisotopic (exact) mass is 198 g/mol. The highest BCUT2D eigenvalue weighted by atomic mass is 32.2. The van der Waals surface area contributed by atoms with Crippen LogP contribution in [0, 0.1) is 0 Å².